The predicted molar refractivity (Wildman–Crippen MR) is 97.1 cm³/mol. The van der Waals surface area contributed by atoms with Crippen LogP contribution in [0.1, 0.15) is 51.0 Å². The molecule has 1 aromatic carbocycles. The average molecular weight is 331 g/mol. The van der Waals surface area contributed by atoms with E-state index in [9.17, 15) is 10.5 Å². The van der Waals surface area contributed by atoms with Gasteiger partial charge in [0.2, 0.25) is 0 Å². The fourth-order valence-corrected chi connectivity index (χ4v) is 3.40. The second-order valence-electron chi connectivity index (χ2n) is 6.39. The standard InChI is InChI=1S/C20H21N5/c1-3-4-5-6-19-17(11-22)20(16(10-21)13(2)24-19)14-7-8-18-15(9-14)12-23-25-18/h7-9,12,20,24H,3-6H2,1-2H3,(H,23,25). The Bertz CT molecular complexity index is 933. The molecule has 1 unspecified atom stereocenters. The molecule has 0 saturated heterocycles. The zero-order chi connectivity index (χ0) is 17.8. The van der Waals surface area contributed by atoms with Gasteiger partial charge in [-0.1, -0.05) is 25.8 Å². The Morgan fingerprint density at radius 3 is 2.68 bits per heavy atom. The van der Waals surface area contributed by atoms with Gasteiger partial charge in [0, 0.05) is 16.8 Å². The molecule has 126 valence electrons. The number of nitrogens with zero attached hydrogens (tertiary/aromatic N) is 3. The van der Waals surface area contributed by atoms with Crippen molar-refractivity contribution in [1.82, 2.24) is 15.5 Å². The first kappa shape index (κ1) is 16.8. The largest absolute Gasteiger partial charge is 0.361 e. The Morgan fingerprint density at radius 1 is 1.16 bits per heavy atom. The minimum absolute atomic E-state index is 0.313. The number of fused-ring (bicyclic) bond motifs is 1. The summed E-state index contributed by atoms with van der Waals surface area (Å²) in [5.74, 6) is -0.313. The Morgan fingerprint density at radius 2 is 1.96 bits per heavy atom. The van der Waals surface area contributed by atoms with Crippen molar-refractivity contribution in [3.8, 4) is 12.1 Å². The molecule has 0 bridgehead atoms. The third-order valence-corrected chi connectivity index (χ3v) is 4.71. The molecule has 2 N–H and O–H groups in total. The minimum Gasteiger partial charge on any atom is -0.361 e. The third-order valence-electron chi connectivity index (χ3n) is 4.71. The number of hydrogen-bond donors (Lipinski definition) is 2. The molecule has 1 aliphatic heterocycles. The zero-order valence-electron chi connectivity index (χ0n) is 14.6. The van der Waals surface area contributed by atoms with Gasteiger partial charge < -0.3 is 5.32 Å². The number of rotatable bonds is 5. The number of benzene rings is 1. The van der Waals surface area contributed by atoms with Crippen LogP contribution in [0.5, 0.6) is 0 Å². The first-order chi connectivity index (χ1) is 12.2. The van der Waals surface area contributed by atoms with Crippen LogP contribution >= 0.6 is 0 Å². The van der Waals surface area contributed by atoms with Gasteiger partial charge >= 0.3 is 0 Å². The second-order valence-corrected chi connectivity index (χ2v) is 6.39. The molecular weight excluding hydrogens is 310 g/mol. The highest BCUT2D eigenvalue weighted by Gasteiger charge is 2.30. The number of dihydropyridines is 1. The molecule has 1 atom stereocenters. The summed E-state index contributed by atoms with van der Waals surface area (Å²) in [4.78, 5) is 0. The monoisotopic (exact) mass is 331 g/mol. The summed E-state index contributed by atoms with van der Waals surface area (Å²) < 4.78 is 0. The van der Waals surface area contributed by atoms with E-state index in [1.807, 2.05) is 25.1 Å². The lowest BCUT2D eigenvalue weighted by molar-refractivity contribution is 0.669. The van der Waals surface area contributed by atoms with Gasteiger partial charge in [-0.15, -0.1) is 0 Å². The van der Waals surface area contributed by atoms with Gasteiger partial charge in [-0.25, -0.2) is 0 Å². The number of nitriles is 2. The van der Waals surface area contributed by atoms with E-state index in [4.69, 9.17) is 0 Å². The highest BCUT2D eigenvalue weighted by molar-refractivity contribution is 5.79. The molecule has 0 aliphatic carbocycles. The van der Waals surface area contributed by atoms with Crippen LogP contribution in [0.15, 0.2) is 46.9 Å². The van der Waals surface area contributed by atoms with E-state index < -0.39 is 0 Å². The number of hydrogen-bond acceptors (Lipinski definition) is 4. The van der Waals surface area contributed by atoms with Crippen LogP contribution in [0.2, 0.25) is 0 Å². The predicted octanol–water partition coefficient (Wildman–Crippen LogP) is 4.41. The number of unbranched alkanes of at least 4 members (excludes halogenated alkanes) is 2. The fraction of sp³-hybridized carbons (Fsp3) is 0.350. The van der Waals surface area contributed by atoms with Gasteiger partial charge in [-0.05, 0) is 37.5 Å². The third kappa shape index (κ3) is 3.14. The topological polar surface area (TPSA) is 88.3 Å². The molecule has 5 nitrogen and oxygen atoms in total. The van der Waals surface area contributed by atoms with Crippen molar-refractivity contribution < 1.29 is 0 Å². The quantitative estimate of drug-likeness (QED) is 0.795. The van der Waals surface area contributed by atoms with Crippen LogP contribution in [0, 0.1) is 22.7 Å². The van der Waals surface area contributed by atoms with E-state index >= 15 is 0 Å². The maximum absolute atomic E-state index is 9.82. The van der Waals surface area contributed by atoms with Crippen molar-refractivity contribution in [2.24, 2.45) is 0 Å². The summed E-state index contributed by atoms with van der Waals surface area (Å²) in [6.45, 7) is 4.08. The summed E-state index contributed by atoms with van der Waals surface area (Å²) in [5.41, 5.74) is 4.95. The SMILES string of the molecule is CCCCCC1=C(C#N)C(c2ccc3[nH]ncc3c2)C(C#N)=C(C)N1. The maximum Gasteiger partial charge on any atom is 0.0975 e. The summed E-state index contributed by atoms with van der Waals surface area (Å²) >= 11 is 0. The van der Waals surface area contributed by atoms with Gasteiger partial charge in [0.25, 0.3) is 0 Å². The lowest BCUT2D eigenvalue weighted by Crippen LogP contribution is -2.25. The van der Waals surface area contributed by atoms with Crippen LogP contribution in [-0.2, 0) is 0 Å². The maximum atomic E-state index is 9.82. The number of H-pyrrole nitrogens is 1. The van der Waals surface area contributed by atoms with Gasteiger partial charge in [0.05, 0.1) is 40.9 Å². The van der Waals surface area contributed by atoms with Gasteiger partial charge in [0.1, 0.15) is 0 Å². The molecule has 0 saturated carbocycles. The van der Waals surface area contributed by atoms with Crippen molar-refractivity contribution in [3.05, 3.63) is 52.5 Å². The molecular formula is C20H21N5. The van der Waals surface area contributed by atoms with Crippen molar-refractivity contribution >= 4 is 10.9 Å². The van der Waals surface area contributed by atoms with Crippen LogP contribution in [0.4, 0.5) is 0 Å². The Hall–Kier alpha value is -3.05. The Balaban J connectivity index is 2.08. The van der Waals surface area contributed by atoms with Crippen LogP contribution in [-0.4, -0.2) is 10.2 Å². The van der Waals surface area contributed by atoms with Gasteiger partial charge in [-0.2, -0.15) is 15.6 Å². The summed E-state index contributed by atoms with van der Waals surface area (Å²) in [6.07, 6.45) is 5.89. The van der Waals surface area contributed by atoms with Crippen LogP contribution in [0.3, 0.4) is 0 Å². The Kier molecular flexibility index (Phi) is 4.86. The molecule has 0 spiro atoms. The molecule has 1 aliphatic rings. The van der Waals surface area contributed by atoms with Crippen LogP contribution in [0.25, 0.3) is 10.9 Å². The lowest BCUT2D eigenvalue weighted by Gasteiger charge is -2.28. The number of nitrogens with one attached hydrogen (secondary N) is 2. The first-order valence-corrected chi connectivity index (χ1v) is 8.63. The van der Waals surface area contributed by atoms with Crippen LogP contribution < -0.4 is 5.32 Å². The second kappa shape index (κ2) is 7.23. The smallest absolute Gasteiger partial charge is 0.0975 e. The lowest BCUT2D eigenvalue weighted by atomic mass is 9.80. The van der Waals surface area contributed by atoms with Crippen molar-refractivity contribution in [1.29, 1.82) is 10.5 Å². The van der Waals surface area contributed by atoms with E-state index in [0.29, 0.717) is 11.1 Å². The van der Waals surface area contributed by atoms with E-state index in [1.54, 1.807) is 6.20 Å². The molecule has 0 fully saturated rings. The average Bonchev–Trinajstić information content (AvgIpc) is 3.09. The van der Waals surface area contributed by atoms with E-state index in [0.717, 1.165) is 53.5 Å². The molecule has 2 aromatic rings. The number of aromatic nitrogens is 2. The molecule has 0 amide bonds. The highest BCUT2D eigenvalue weighted by atomic mass is 15.1. The van der Waals surface area contributed by atoms with Gasteiger partial charge in [0.15, 0.2) is 0 Å². The van der Waals surface area contributed by atoms with E-state index in [2.05, 4.69) is 34.6 Å². The van der Waals surface area contributed by atoms with Crippen molar-refractivity contribution in [2.45, 2.75) is 45.4 Å². The van der Waals surface area contributed by atoms with E-state index in [1.165, 1.54) is 0 Å². The molecule has 1 aromatic heterocycles. The van der Waals surface area contributed by atoms with Crippen molar-refractivity contribution in [3.63, 3.8) is 0 Å². The first-order valence-electron chi connectivity index (χ1n) is 8.63. The van der Waals surface area contributed by atoms with Crippen molar-refractivity contribution in [2.75, 3.05) is 0 Å². The molecule has 2 heterocycles. The zero-order valence-corrected chi connectivity index (χ0v) is 14.6. The highest BCUT2D eigenvalue weighted by Crippen LogP contribution is 2.39. The minimum atomic E-state index is -0.313. The fourth-order valence-electron chi connectivity index (χ4n) is 3.40. The van der Waals surface area contributed by atoms with E-state index in [-0.39, 0.29) is 5.92 Å². The molecule has 5 heteroatoms. The molecule has 25 heavy (non-hydrogen) atoms. The summed E-state index contributed by atoms with van der Waals surface area (Å²) in [7, 11) is 0. The number of aromatic amines is 1. The number of allylic oxidation sites excluding steroid dienone is 4. The molecule has 3 rings (SSSR count). The summed E-state index contributed by atoms with van der Waals surface area (Å²) in [6, 6.07) is 10.6. The van der Waals surface area contributed by atoms with Gasteiger partial charge in [-0.3, -0.25) is 5.10 Å². The summed E-state index contributed by atoms with van der Waals surface area (Å²) in [5, 5.41) is 30.8. The Labute approximate surface area is 147 Å². The normalized spacial score (nSPS) is 17.4. The molecule has 0 radical (unpaired) electrons.